The molecule has 5 aliphatic rings. The molecule has 20 heteroatoms. The highest BCUT2D eigenvalue weighted by molar-refractivity contribution is 6.01. The fraction of sp³-hybridized carbons (Fsp3) is 0.679. The van der Waals surface area contributed by atoms with Crippen LogP contribution in [-0.2, 0) is 54.3 Å². The highest BCUT2D eigenvalue weighted by Gasteiger charge is 2.80. The molecule has 1 heterocycles. The van der Waals surface area contributed by atoms with E-state index in [9.17, 15) is 43.5 Å². The number of amides is 4. The van der Waals surface area contributed by atoms with Crippen LogP contribution in [0.2, 0.25) is 0 Å². The van der Waals surface area contributed by atoms with Crippen molar-refractivity contribution in [3.63, 3.8) is 0 Å². The van der Waals surface area contributed by atoms with Crippen LogP contribution >= 0.6 is 0 Å². The predicted octanol–water partition coefficient (Wildman–Crippen LogP) is 6.58. The molecule has 4 aliphatic carbocycles. The largest absolute Gasteiger partial charge is 0.457 e. The number of ether oxygens (including phenoxy) is 4. The quantitative estimate of drug-likeness (QED) is 0.0471. The zero-order valence-corrected chi connectivity index (χ0v) is 45.3. The van der Waals surface area contributed by atoms with Crippen molar-refractivity contribution in [1.82, 2.24) is 10.6 Å². The van der Waals surface area contributed by atoms with E-state index in [1.807, 2.05) is 34.6 Å². The number of primary amides is 1. The molecule has 1 aliphatic heterocycles. The third kappa shape index (κ3) is 12.0. The molecule has 13 atom stereocenters. The molecule has 1 aromatic rings. The zero-order valence-electron chi connectivity index (χ0n) is 45.3. The number of halogens is 2. The minimum absolute atomic E-state index is 0.0263. The maximum atomic E-state index is 18.0. The van der Waals surface area contributed by atoms with Crippen molar-refractivity contribution in [2.75, 3.05) is 18.5 Å². The fourth-order valence-corrected chi connectivity index (χ4v) is 12.6. The Bertz CT molecular complexity index is 2450. The lowest BCUT2D eigenvalue weighted by molar-refractivity contribution is -0.235. The van der Waals surface area contributed by atoms with Crippen molar-refractivity contribution in [2.45, 2.75) is 181 Å². The zero-order chi connectivity index (χ0) is 56.3. The van der Waals surface area contributed by atoms with Crippen LogP contribution in [-0.4, -0.2) is 113 Å². The predicted molar refractivity (Wildman–Crippen MR) is 275 cm³/mol. The highest BCUT2D eigenvalue weighted by atomic mass is 19.1. The maximum absolute atomic E-state index is 18.0. The number of nitrogens with one attached hydrogen (secondary N) is 3. The SMILES string of the molecule is CCCC1O[C@@H]2C[C@H]3[C@@H]4C[C@H](F)C5=CC(=O)C=C[C@]5(C)[C@@]4(F)[C@@H](O)C[C@]3(C)[C@]2(C(=O)COC(=O)C(C)(C)CC(=O)[C@H](CC(C)C)NC(=O)OCc2ccc(NC(=O)[C@H](CCCNC(N)=O)CC(=O)[C@@H](N)C(C)C)cc2)O1. The van der Waals surface area contributed by atoms with Crippen molar-refractivity contribution in [3.8, 4) is 0 Å². The third-order valence-electron chi connectivity index (χ3n) is 16.8. The second-order valence-corrected chi connectivity index (χ2v) is 23.5. The number of benzene rings is 1. The van der Waals surface area contributed by atoms with Crippen LogP contribution in [0, 0.1) is 45.8 Å². The van der Waals surface area contributed by atoms with Gasteiger partial charge >= 0.3 is 18.1 Å². The number of anilines is 1. The third-order valence-corrected chi connectivity index (χ3v) is 16.8. The topological polar surface area (TPSA) is 282 Å². The molecule has 0 spiro atoms. The molecule has 1 unspecified atom stereocenters. The second kappa shape index (κ2) is 23.7. The van der Waals surface area contributed by atoms with Gasteiger partial charge in [-0.1, -0.05) is 66.2 Å². The number of urea groups is 1. The Balaban J connectivity index is 1.07. The summed E-state index contributed by atoms with van der Waals surface area (Å²) >= 11 is 0. The van der Waals surface area contributed by atoms with E-state index >= 15 is 8.78 Å². The number of alkyl carbamates (subject to hydrolysis) is 1. The molecule has 3 saturated carbocycles. The lowest BCUT2D eigenvalue weighted by atomic mass is 9.44. The Hall–Kier alpha value is -5.44. The first-order chi connectivity index (χ1) is 35.5. The highest BCUT2D eigenvalue weighted by Crippen LogP contribution is 2.72. The number of Topliss-reactive ketones (excluding diaryl/α,β-unsaturated/α-hetero) is 3. The molecule has 6 rings (SSSR count). The van der Waals surface area contributed by atoms with Crippen molar-refractivity contribution in [1.29, 1.82) is 0 Å². The molecule has 1 aromatic carbocycles. The summed E-state index contributed by atoms with van der Waals surface area (Å²) in [5.74, 6) is -5.97. The van der Waals surface area contributed by atoms with Crippen LogP contribution < -0.4 is 27.4 Å². The van der Waals surface area contributed by atoms with Gasteiger partial charge in [-0.05, 0) is 119 Å². The second-order valence-electron chi connectivity index (χ2n) is 23.5. The summed E-state index contributed by atoms with van der Waals surface area (Å²) in [6.07, 6.45) is -1.50. The lowest BCUT2D eigenvalue weighted by Crippen LogP contribution is -2.71. The van der Waals surface area contributed by atoms with E-state index in [2.05, 4.69) is 16.0 Å². The van der Waals surface area contributed by atoms with E-state index in [1.165, 1.54) is 32.9 Å². The molecule has 4 amide bonds. The summed E-state index contributed by atoms with van der Waals surface area (Å²) in [5, 5.41) is 19.9. The van der Waals surface area contributed by atoms with Gasteiger partial charge in [0, 0.05) is 47.7 Å². The summed E-state index contributed by atoms with van der Waals surface area (Å²) in [7, 11) is 0. The Labute approximate surface area is 443 Å². The van der Waals surface area contributed by atoms with Crippen LogP contribution in [0.1, 0.15) is 132 Å². The number of alkyl halides is 2. The van der Waals surface area contributed by atoms with Gasteiger partial charge < -0.3 is 51.5 Å². The van der Waals surface area contributed by atoms with Gasteiger partial charge in [0.15, 0.2) is 41.5 Å². The van der Waals surface area contributed by atoms with Crippen LogP contribution in [0.3, 0.4) is 0 Å². The van der Waals surface area contributed by atoms with Crippen LogP contribution in [0.15, 0.2) is 48.1 Å². The number of fused-ring (bicyclic) bond motifs is 7. The van der Waals surface area contributed by atoms with Crippen LogP contribution in [0.25, 0.3) is 0 Å². The van der Waals surface area contributed by atoms with Crippen molar-refractivity contribution >= 4 is 52.8 Å². The minimum atomic E-state index is -2.40. The first-order valence-electron chi connectivity index (χ1n) is 26.7. The summed E-state index contributed by atoms with van der Waals surface area (Å²) in [5.41, 5.74) is 3.48. The van der Waals surface area contributed by atoms with E-state index in [0.29, 0.717) is 30.5 Å². The van der Waals surface area contributed by atoms with Gasteiger partial charge in [0.1, 0.15) is 12.8 Å². The van der Waals surface area contributed by atoms with Gasteiger partial charge in [0.25, 0.3) is 0 Å². The lowest BCUT2D eigenvalue weighted by Gasteiger charge is -2.63. The Morgan fingerprint density at radius 1 is 0.987 bits per heavy atom. The number of hydrogen-bond acceptors (Lipinski definition) is 14. The first-order valence-corrected chi connectivity index (χ1v) is 26.7. The van der Waals surface area contributed by atoms with Gasteiger partial charge in [0.05, 0.1) is 29.7 Å². The number of carbonyl (C=O) groups excluding carboxylic acids is 8. The average Bonchev–Trinajstić information content (AvgIpc) is 3.87. The molecule has 18 nitrogen and oxygen atoms in total. The van der Waals surface area contributed by atoms with Crippen molar-refractivity contribution in [2.24, 2.45) is 57.3 Å². The standard InChI is InChI=1S/C56H79F2N5O13/c1-10-12-46-75-45-25-36-37-24-39(57)38-23-35(64)18-19-53(38,8)55(37,58)43(67)27-54(36,9)56(45,76-46)44(68)29-73-49(70)52(6,7)26-42(66)40(21-30(2)3)63-51(72)74-28-32-14-16-34(17-15-32)62-48(69)33(13-11-20-61-50(60)71)22-41(65)47(59)31(4)5/h14-19,23,30-31,33,36-37,39-40,43,45-47,67H,10-13,20-22,24-29,59H2,1-9H3,(H,62,69)(H,63,72)(H3,60,61,71)/t33-,36+,37+,39+,40+,43+,45-,46?,47+,53+,54+,55+,56-/m1/s1. The number of allylic oxidation sites excluding steroid dienone is 4. The summed E-state index contributed by atoms with van der Waals surface area (Å²) in [6.45, 7) is 14.6. The molecule has 0 aromatic heterocycles. The Morgan fingerprint density at radius 3 is 2.30 bits per heavy atom. The van der Waals surface area contributed by atoms with Gasteiger partial charge in [-0.15, -0.1) is 0 Å². The van der Waals surface area contributed by atoms with Crippen molar-refractivity contribution in [3.05, 3.63) is 53.6 Å². The monoisotopic (exact) mass is 1070 g/mol. The summed E-state index contributed by atoms with van der Waals surface area (Å²) < 4.78 is 58.3. The number of hydrogen-bond donors (Lipinski definition) is 6. The van der Waals surface area contributed by atoms with Crippen LogP contribution in [0.5, 0.6) is 0 Å². The molecular weight excluding hydrogens is 989 g/mol. The smallest absolute Gasteiger partial charge is 0.408 e. The molecule has 0 radical (unpaired) electrons. The maximum Gasteiger partial charge on any atom is 0.408 e. The molecule has 1 saturated heterocycles. The van der Waals surface area contributed by atoms with Crippen molar-refractivity contribution < 1.29 is 71.2 Å². The van der Waals surface area contributed by atoms with E-state index in [-0.39, 0.29) is 74.9 Å². The molecule has 76 heavy (non-hydrogen) atoms. The summed E-state index contributed by atoms with van der Waals surface area (Å²) in [4.78, 5) is 106. The molecule has 4 fully saturated rings. The fourth-order valence-electron chi connectivity index (χ4n) is 12.6. The van der Waals surface area contributed by atoms with E-state index < -0.39 is 136 Å². The normalized spacial score (nSPS) is 30.7. The Kier molecular flexibility index (Phi) is 18.6. The first kappa shape index (κ1) is 59.8. The number of aliphatic hydroxyl groups excluding tert-OH is 1. The van der Waals surface area contributed by atoms with E-state index in [4.69, 9.17) is 30.4 Å². The van der Waals surface area contributed by atoms with Gasteiger partial charge in [-0.2, -0.15) is 0 Å². The number of rotatable bonds is 24. The summed E-state index contributed by atoms with van der Waals surface area (Å²) in [6, 6.07) is 3.94. The average molecular weight is 1070 g/mol. The number of esters is 1. The van der Waals surface area contributed by atoms with Gasteiger partial charge in [-0.25, -0.2) is 18.4 Å². The van der Waals surface area contributed by atoms with E-state index in [1.54, 1.807) is 31.2 Å². The number of ketones is 4. The number of nitrogens with two attached hydrogens (primary N) is 2. The van der Waals surface area contributed by atoms with Gasteiger partial charge in [0.2, 0.25) is 11.7 Å². The molecular formula is C56H79F2N5O13. The number of carbonyl (C=O) groups is 8. The minimum Gasteiger partial charge on any atom is -0.457 e. The van der Waals surface area contributed by atoms with Gasteiger partial charge in [-0.3, -0.25) is 28.8 Å². The van der Waals surface area contributed by atoms with Crippen LogP contribution in [0.4, 0.5) is 24.1 Å². The Morgan fingerprint density at radius 2 is 1.67 bits per heavy atom. The molecule has 8 N–H and O–H groups in total. The molecule has 420 valence electrons. The van der Waals surface area contributed by atoms with E-state index in [0.717, 1.165) is 6.08 Å². The molecule has 0 bridgehead atoms. The number of aliphatic hydroxyl groups is 1.